The van der Waals surface area contributed by atoms with Gasteiger partial charge in [-0.1, -0.05) is 0 Å². The number of rotatable bonds is 6. The Morgan fingerprint density at radius 2 is 1.87 bits per heavy atom. The van der Waals surface area contributed by atoms with Gasteiger partial charge in [-0.25, -0.2) is 0 Å². The zero-order valence-electron chi connectivity index (χ0n) is 16.9. The number of carbonyl (C=O) groups is 1. The molecule has 0 radical (unpaired) electrons. The number of carbonyl (C=O) groups excluding carboxylic acids is 1. The van der Waals surface area contributed by atoms with E-state index in [1.807, 2.05) is 12.1 Å². The SMILES string of the molecule is COc1cc(NC(=O)CN2C3CC2CN(c2ccc4nncn4n2)C3)cc(OC)c1. The number of hydrogen-bond acceptors (Lipinski definition) is 8. The second-order valence-electron chi connectivity index (χ2n) is 7.60. The van der Waals surface area contributed by atoms with Crippen molar-refractivity contribution in [2.75, 3.05) is 44.1 Å². The lowest BCUT2D eigenvalue weighted by atomic mass is 9.87. The first-order valence-corrected chi connectivity index (χ1v) is 9.83. The molecular formula is C20H23N7O3. The number of anilines is 2. The molecule has 2 atom stereocenters. The number of benzene rings is 1. The van der Waals surface area contributed by atoms with Crippen LogP contribution < -0.4 is 19.7 Å². The number of aromatic nitrogens is 4. The van der Waals surface area contributed by atoms with E-state index in [2.05, 4.69) is 30.4 Å². The molecular weight excluding hydrogens is 386 g/mol. The molecule has 3 fully saturated rings. The summed E-state index contributed by atoms with van der Waals surface area (Å²) in [6.07, 6.45) is 2.71. The summed E-state index contributed by atoms with van der Waals surface area (Å²) in [5.74, 6) is 2.14. The normalized spacial score (nSPS) is 20.7. The summed E-state index contributed by atoms with van der Waals surface area (Å²) in [6.45, 7) is 2.05. The maximum Gasteiger partial charge on any atom is 0.238 e. The minimum absolute atomic E-state index is 0.0440. The molecule has 0 aliphatic carbocycles. The van der Waals surface area contributed by atoms with E-state index < -0.39 is 0 Å². The van der Waals surface area contributed by atoms with Crippen molar-refractivity contribution in [2.45, 2.75) is 18.5 Å². The minimum atomic E-state index is -0.0440. The van der Waals surface area contributed by atoms with Gasteiger partial charge in [-0.15, -0.1) is 15.3 Å². The monoisotopic (exact) mass is 409 g/mol. The van der Waals surface area contributed by atoms with Crippen LogP contribution in [-0.4, -0.2) is 76.6 Å². The highest BCUT2D eigenvalue weighted by Crippen LogP contribution is 2.34. The molecule has 10 heteroatoms. The number of ether oxygens (including phenoxy) is 2. The van der Waals surface area contributed by atoms with E-state index in [0.29, 0.717) is 35.8 Å². The van der Waals surface area contributed by atoms with Crippen LogP contribution in [0.15, 0.2) is 36.7 Å². The van der Waals surface area contributed by atoms with Crippen LogP contribution in [0, 0.1) is 0 Å². The standard InChI is InChI=1S/C20H23N7O3/c1-29-16-5-13(6-17(8-16)30-2)22-20(28)11-26-14-7-15(26)10-25(9-14)19-4-3-18-23-21-12-27(18)24-19/h3-6,8,12,14-15H,7,9-11H2,1-2H3,(H,22,28). The van der Waals surface area contributed by atoms with E-state index in [1.54, 1.807) is 43.3 Å². The molecule has 30 heavy (non-hydrogen) atoms. The molecule has 3 aromatic rings. The third-order valence-electron chi connectivity index (χ3n) is 5.78. The van der Waals surface area contributed by atoms with Gasteiger partial charge < -0.3 is 19.7 Å². The van der Waals surface area contributed by atoms with Gasteiger partial charge in [0.05, 0.1) is 20.8 Å². The molecule has 1 N–H and O–H groups in total. The summed E-state index contributed by atoms with van der Waals surface area (Å²) in [5, 5.41) is 15.4. The van der Waals surface area contributed by atoms with E-state index in [4.69, 9.17) is 9.47 Å². The van der Waals surface area contributed by atoms with Crippen molar-refractivity contribution in [3.63, 3.8) is 0 Å². The molecule has 0 saturated carbocycles. The highest BCUT2D eigenvalue weighted by Gasteiger charge is 2.45. The van der Waals surface area contributed by atoms with E-state index >= 15 is 0 Å². The van der Waals surface area contributed by atoms with Crippen LogP contribution in [0.4, 0.5) is 11.5 Å². The van der Waals surface area contributed by atoms with Gasteiger partial charge in [0.1, 0.15) is 23.6 Å². The van der Waals surface area contributed by atoms with Crippen molar-refractivity contribution in [3.05, 3.63) is 36.7 Å². The third kappa shape index (κ3) is 3.39. The highest BCUT2D eigenvalue weighted by atomic mass is 16.5. The van der Waals surface area contributed by atoms with Crippen LogP contribution in [0.3, 0.4) is 0 Å². The molecule has 2 unspecified atom stereocenters. The van der Waals surface area contributed by atoms with Crippen LogP contribution in [0.1, 0.15) is 6.42 Å². The Hall–Kier alpha value is -3.40. The Morgan fingerprint density at radius 3 is 2.57 bits per heavy atom. The Labute approximate surface area is 173 Å². The van der Waals surface area contributed by atoms with Crippen molar-refractivity contribution >= 4 is 23.1 Å². The second kappa shape index (κ2) is 7.45. The number of nitrogens with one attached hydrogen (secondary N) is 1. The summed E-state index contributed by atoms with van der Waals surface area (Å²) < 4.78 is 12.2. The molecule has 1 aromatic carbocycles. The number of fused-ring (bicyclic) bond motifs is 3. The van der Waals surface area contributed by atoms with Crippen LogP contribution in [0.2, 0.25) is 0 Å². The molecule has 3 aliphatic rings. The summed E-state index contributed by atoms with van der Waals surface area (Å²) in [4.78, 5) is 17.2. The zero-order valence-corrected chi connectivity index (χ0v) is 16.9. The molecule has 6 rings (SSSR count). The molecule has 10 nitrogen and oxygen atoms in total. The average molecular weight is 409 g/mol. The fraction of sp³-hybridized carbons (Fsp3) is 0.400. The second-order valence-corrected chi connectivity index (χ2v) is 7.60. The van der Waals surface area contributed by atoms with E-state index in [1.165, 1.54) is 0 Å². The Balaban J connectivity index is 1.21. The van der Waals surface area contributed by atoms with Gasteiger partial charge in [-0.3, -0.25) is 9.69 Å². The summed E-state index contributed by atoms with van der Waals surface area (Å²) in [6, 6.07) is 9.92. The largest absolute Gasteiger partial charge is 0.497 e. The first kappa shape index (κ1) is 18.6. The summed E-state index contributed by atoms with van der Waals surface area (Å²) in [5.41, 5.74) is 1.39. The molecule has 1 amide bonds. The molecule has 3 aliphatic heterocycles. The fourth-order valence-corrected chi connectivity index (χ4v) is 4.27. The molecule has 2 bridgehead atoms. The minimum Gasteiger partial charge on any atom is -0.497 e. The fourth-order valence-electron chi connectivity index (χ4n) is 4.27. The quantitative estimate of drug-likeness (QED) is 0.645. The average Bonchev–Trinajstić information content (AvgIpc) is 3.25. The lowest BCUT2D eigenvalue weighted by Gasteiger charge is -2.56. The summed E-state index contributed by atoms with van der Waals surface area (Å²) >= 11 is 0. The molecule has 3 saturated heterocycles. The van der Waals surface area contributed by atoms with Crippen molar-refractivity contribution in [1.29, 1.82) is 0 Å². The number of amides is 1. The topological polar surface area (TPSA) is 97.1 Å². The van der Waals surface area contributed by atoms with Gasteiger partial charge in [-0.05, 0) is 18.6 Å². The lowest BCUT2D eigenvalue weighted by molar-refractivity contribution is -0.121. The van der Waals surface area contributed by atoms with E-state index in [-0.39, 0.29) is 5.91 Å². The number of hydrogen-bond donors (Lipinski definition) is 1. The van der Waals surface area contributed by atoms with Crippen molar-refractivity contribution < 1.29 is 14.3 Å². The molecule has 156 valence electrons. The number of piperazine rings is 1. The predicted octanol–water partition coefficient (Wildman–Crippen LogP) is 1.04. The van der Waals surface area contributed by atoms with E-state index in [9.17, 15) is 4.79 Å². The van der Waals surface area contributed by atoms with Gasteiger partial charge in [0, 0.05) is 49.1 Å². The lowest BCUT2D eigenvalue weighted by Crippen LogP contribution is -2.69. The van der Waals surface area contributed by atoms with Gasteiger partial charge in [0.2, 0.25) is 5.91 Å². The third-order valence-corrected chi connectivity index (χ3v) is 5.78. The van der Waals surface area contributed by atoms with Crippen LogP contribution in [0.25, 0.3) is 5.65 Å². The summed E-state index contributed by atoms with van der Waals surface area (Å²) in [7, 11) is 3.17. The van der Waals surface area contributed by atoms with Crippen LogP contribution in [-0.2, 0) is 4.79 Å². The number of piperidine rings is 1. The van der Waals surface area contributed by atoms with Gasteiger partial charge in [-0.2, -0.15) is 4.52 Å². The van der Waals surface area contributed by atoms with E-state index in [0.717, 1.165) is 31.0 Å². The highest BCUT2D eigenvalue weighted by molar-refractivity contribution is 5.92. The zero-order chi connectivity index (χ0) is 20.7. The Bertz CT molecular complexity index is 1050. The first-order valence-electron chi connectivity index (χ1n) is 9.83. The van der Waals surface area contributed by atoms with Crippen LogP contribution >= 0.6 is 0 Å². The smallest absolute Gasteiger partial charge is 0.238 e. The maximum atomic E-state index is 12.6. The predicted molar refractivity (Wildman–Crippen MR) is 110 cm³/mol. The van der Waals surface area contributed by atoms with Gasteiger partial charge >= 0.3 is 0 Å². The first-order chi connectivity index (χ1) is 14.6. The van der Waals surface area contributed by atoms with Crippen LogP contribution in [0.5, 0.6) is 11.5 Å². The number of nitrogens with zero attached hydrogens (tertiary/aromatic N) is 6. The Morgan fingerprint density at radius 1 is 1.13 bits per heavy atom. The molecule has 0 spiro atoms. The number of methoxy groups -OCH3 is 2. The van der Waals surface area contributed by atoms with Crippen molar-refractivity contribution in [2.24, 2.45) is 0 Å². The van der Waals surface area contributed by atoms with Gasteiger partial charge in [0.15, 0.2) is 5.65 Å². The Kier molecular flexibility index (Phi) is 4.62. The van der Waals surface area contributed by atoms with Crippen molar-refractivity contribution in [1.82, 2.24) is 24.7 Å². The van der Waals surface area contributed by atoms with Gasteiger partial charge in [0.25, 0.3) is 0 Å². The molecule has 2 aromatic heterocycles. The molecule has 5 heterocycles. The maximum absolute atomic E-state index is 12.6. The van der Waals surface area contributed by atoms with Crippen molar-refractivity contribution in [3.8, 4) is 11.5 Å².